The second-order valence-corrected chi connectivity index (χ2v) is 7.32. The van der Waals surface area contributed by atoms with E-state index in [-0.39, 0.29) is 0 Å². The third-order valence-electron chi connectivity index (χ3n) is 5.31. The van der Waals surface area contributed by atoms with E-state index in [9.17, 15) is 0 Å². The van der Waals surface area contributed by atoms with Crippen LogP contribution in [0.5, 0.6) is 0 Å². The minimum Gasteiger partial charge on any atom is -0.241 e. The highest BCUT2D eigenvalue weighted by atomic mass is 14.9. The zero-order chi connectivity index (χ0) is 19.1. The smallest absolute Gasteiger partial charge is 0.220 e. The number of aromatic nitrogens is 3. The van der Waals surface area contributed by atoms with E-state index in [0.717, 1.165) is 17.0 Å². The molecular formula is C24H24N3+. The van der Waals surface area contributed by atoms with E-state index in [0.29, 0.717) is 0 Å². The summed E-state index contributed by atoms with van der Waals surface area (Å²) in [6.07, 6.45) is 6.01. The molecule has 0 aliphatic carbocycles. The van der Waals surface area contributed by atoms with Gasteiger partial charge in [0, 0.05) is 23.3 Å². The van der Waals surface area contributed by atoms with Gasteiger partial charge in [0.1, 0.15) is 12.9 Å². The van der Waals surface area contributed by atoms with Crippen molar-refractivity contribution in [1.82, 2.24) is 9.97 Å². The Balaban J connectivity index is 2.07. The van der Waals surface area contributed by atoms with Gasteiger partial charge in [-0.1, -0.05) is 29.8 Å². The zero-order valence-electron chi connectivity index (χ0n) is 16.5. The molecule has 0 saturated carbocycles. The van der Waals surface area contributed by atoms with Crippen LogP contribution in [-0.2, 0) is 7.05 Å². The number of pyridine rings is 1. The third-order valence-corrected chi connectivity index (χ3v) is 5.31. The van der Waals surface area contributed by atoms with Crippen molar-refractivity contribution in [1.29, 1.82) is 0 Å². The van der Waals surface area contributed by atoms with Crippen molar-refractivity contribution in [3.63, 3.8) is 0 Å². The summed E-state index contributed by atoms with van der Waals surface area (Å²) in [5.74, 6) is 0.787. The van der Waals surface area contributed by atoms with Gasteiger partial charge in [0.05, 0.1) is 16.5 Å². The van der Waals surface area contributed by atoms with Crippen molar-refractivity contribution in [3.05, 3.63) is 77.5 Å². The van der Waals surface area contributed by atoms with Crippen LogP contribution in [0.2, 0.25) is 0 Å². The quantitative estimate of drug-likeness (QED) is 0.473. The molecule has 0 fully saturated rings. The minimum atomic E-state index is 0.787. The SMILES string of the molecule is Cc1cc(C)c(C)c(-c2c3ccccc3c(-c3cnc(C)nc3)c[n+]2C)c1. The Morgan fingerprint density at radius 1 is 0.815 bits per heavy atom. The Morgan fingerprint density at radius 3 is 2.19 bits per heavy atom. The van der Waals surface area contributed by atoms with Crippen molar-refractivity contribution in [2.24, 2.45) is 7.05 Å². The van der Waals surface area contributed by atoms with Gasteiger partial charge in [0.2, 0.25) is 5.69 Å². The van der Waals surface area contributed by atoms with E-state index in [2.05, 4.69) is 84.9 Å². The highest BCUT2D eigenvalue weighted by Gasteiger charge is 2.21. The Labute approximate surface area is 160 Å². The van der Waals surface area contributed by atoms with Crippen LogP contribution < -0.4 is 4.57 Å². The molecule has 0 aliphatic rings. The molecule has 0 N–H and O–H groups in total. The topological polar surface area (TPSA) is 29.7 Å². The summed E-state index contributed by atoms with van der Waals surface area (Å²) in [5, 5.41) is 2.46. The van der Waals surface area contributed by atoms with Gasteiger partial charge in [-0.25, -0.2) is 9.97 Å². The lowest BCUT2D eigenvalue weighted by molar-refractivity contribution is -0.658. The first-order chi connectivity index (χ1) is 13.0. The molecule has 0 spiro atoms. The average Bonchev–Trinajstić information content (AvgIpc) is 2.65. The van der Waals surface area contributed by atoms with Crippen LogP contribution in [0.3, 0.4) is 0 Å². The van der Waals surface area contributed by atoms with E-state index in [1.807, 2.05) is 19.3 Å². The largest absolute Gasteiger partial charge is 0.241 e. The first-order valence-corrected chi connectivity index (χ1v) is 9.24. The van der Waals surface area contributed by atoms with Gasteiger partial charge in [-0.05, 0) is 51.0 Å². The van der Waals surface area contributed by atoms with Gasteiger partial charge < -0.3 is 0 Å². The second kappa shape index (κ2) is 6.58. The molecule has 0 atom stereocenters. The summed E-state index contributed by atoms with van der Waals surface area (Å²) >= 11 is 0. The maximum absolute atomic E-state index is 4.39. The maximum atomic E-state index is 4.39. The summed E-state index contributed by atoms with van der Waals surface area (Å²) in [6, 6.07) is 13.1. The molecule has 3 nitrogen and oxygen atoms in total. The predicted octanol–water partition coefficient (Wildman–Crippen LogP) is 5.02. The minimum absolute atomic E-state index is 0.787. The normalized spacial score (nSPS) is 11.1. The molecule has 0 aliphatic heterocycles. The van der Waals surface area contributed by atoms with Crippen LogP contribution in [0.25, 0.3) is 33.2 Å². The van der Waals surface area contributed by atoms with Crippen LogP contribution in [0.4, 0.5) is 0 Å². The van der Waals surface area contributed by atoms with Crippen molar-refractivity contribution in [2.45, 2.75) is 27.7 Å². The van der Waals surface area contributed by atoms with Crippen molar-refractivity contribution in [2.75, 3.05) is 0 Å². The lowest BCUT2D eigenvalue weighted by Gasteiger charge is -2.13. The standard InChI is InChI=1S/C24H24N3/c1-15-10-16(2)17(3)22(11-15)24-21-9-7-6-8-20(21)23(14-27(24)5)19-12-25-18(4)26-13-19/h6-14H,1-5H3/q+1. The summed E-state index contributed by atoms with van der Waals surface area (Å²) in [7, 11) is 2.12. The Bertz CT molecular complexity index is 1160. The molecule has 2 aromatic heterocycles. The fourth-order valence-electron chi connectivity index (χ4n) is 3.82. The number of hydrogen-bond donors (Lipinski definition) is 0. The van der Waals surface area contributed by atoms with Gasteiger partial charge in [-0.3, -0.25) is 0 Å². The van der Waals surface area contributed by atoms with E-state index < -0.39 is 0 Å². The predicted molar refractivity (Wildman–Crippen MR) is 111 cm³/mol. The molecule has 0 unspecified atom stereocenters. The Kier molecular flexibility index (Phi) is 4.23. The van der Waals surface area contributed by atoms with Crippen LogP contribution in [0.15, 0.2) is 55.0 Å². The monoisotopic (exact) mass is 354 g/mol. The highest BCUT2D eigenvalue weighted by Crippen LogP contribution is 2.34. The first kappa shape index (κ1) is 17.3. The summed E-state index contributed by atoms with van der Waals surface area (Å²) in [5.41, 5.74) is 8.66. The van der Waals surface area contributed by atoms with Gasteiger partial charge in [0.15, 0.2) is 6.20 Å². The molecule has 134 valence electrons. The lowest BCUT2D eigenvalue weighted by atomic mass is 9.93. The number of hydrogen-bond acceptors (Lipinski definition) is 2. The highest BCUT2D eigenvalue weighted by molar-refractivity contribution is 6.02. The van der Waals surface area contributed by atoms with Crippen molar-refractivity contribution < 1.29 is 4.57 Å². The molecule has 4 aromatic rings. The molecule has 2 aromatic carbocycles. The molecule has 0 radical (unpaired) electrons. The van der Waals surface area contributed by atoms with E-state index in [1.165, 1.54) is 38.7 Å². The van der Waals surface area contributed by atoms with Crippen molar-refractivity contribution >= 4 is 10.8 Å². The number of benzene rings is 2. The van der Waals surface area contributed by atoms with Gasteiger partial charge >= 0.3 is 0 Å². The zero-order valence-corrected chi connectivity index (χ0v) is 16.5. The fraction of sp³-hybridized carbons (Fsp3) is 0.208. The number of fused-ring (bicyclic) bond motifs is 1. The molecule has 4 rings (SSSR count). The van der Waals surface area contributed by atoms with Crippen molar-refractivity contribution in [3.8, 4) is 22.4 Å². The summed E-state index contributed by atoms with van der Waals surface area (Å²) in [6.45, 7) is 8.47. The van der Waals surface area contributed by atoms with E-state index >= 15 is 0 Å². The second-order valence-electron chi connectivity index (χ2n) is 7.32. The van der Waals surface area contributed by atoms with Gasteiger partial charge in [-0.2, -0.15) is 4.57 Å². The molecule has 27 heavy (non-hydrogen) atoms. The van der Waals surface area contributed by atoms with Crippen LogP contribution >= 0.6 is 0 Å². The first-order valence-electron chi connectivity index (χ1n) is 9.24. The van der Waals surface area contributed by atoms with Crippen LogP contribution in [0.1, 0.15) is 22.5 Å². The maximum Gasteiger partial charge on any atom is 0.220 e. The molecule has 0 bridgehead atoms. The average molecular weight is 354 g/mol. The third kappa shape index (κ3) is 2.99. The van der Waals surface area contributed by atoms with E-state index in [4.69, 9.17) is 0 Å². The van der Waals surface area contributed by atoms with Gasteiger partial charge in [-0.15, -0.1) is 0 Å². The van der Waals surface area contributed by atoms with Crippen LogP contribution in [-0.4, -0.2) is 9.97 Å². The number of nitrogens with zero attached hydrogens (tertiary/aromatic N) is 3. The number of aryl methyl sites for hydroxylation is 4. The fourth-order valence-corrected chi connectivity index (χ4v) is 3.82. The molecule has 0 saturated heterocycles. The van der Waals surface area contributed by atoms with E-state index in [1.54, 1.807) is 0 Å². The Morgan fingerprint density at radius 2 is 1.48 bits per heavy atom. The molecular weight excluding hydrogens is 330 g/mol. The Hall–Kier alpha value is -3.07. The molecule has 2 heterocycles. The number of rotatable bonds is 2. The van der Waals surface area contributed by atoms with Crippen LogP contribution in [0, 0.1) is 27.7 Å². The summed E-state index contributed by atoms with van der Waals surface area (Å²) < 4.78 is 2.23. The lowest BCUT2D eigenvalue weighted by Crippen LogP contribution is -2.31. The summed E-state index contributed by atoms with van der Waals surface area (Å²) in [4.78, 5) is 8.78. The van der Waals surface area contributed by atoms with Gasteiger partial charge in [0.25, 0.3) is 0 Å². The molecule has 3 heteroatoms. The molecule has 0 amide bonds.